The summed E-state index contributed by atoms with van der Waals surface area (Å²) in [6.45, 7) is 0.441. The van der Waals surface area contributed by atoms with E-state index in [1.165, 1.54) is 12.1 Å². The maximum Gasteiger partial charge on any atom is 0.253 e. The number of sulfone groups is 1. The fourth-order valence-electron chi connectivity index (χ4n) is 2.86. The van der Waals surface area contributed by atoms with E-state index >= 15 is 0 Å². The van der Waals surface area contributed by atoms with Crippen molar-refractivity contribution in [1.29, 1.82) is 0 Å². The summed E-state index contributed by atoms with van der Waals surface area (Å²) in [5, 5.41) is 0. The Bertz CT molecular complexity index is 1040. The lowest BCUT2D eigenvalue weighted by atomic mass is 10.0. The minimum absolute atomic E-state index is 0.147. The van der Waals surface area contributed by atoms with Crippen molar-refractivity contribution in [2.24, 2.45) is 0 Å². The lowest BCUT2D eigenvalue weighted by Gasteiger charge is -2.18. The first kappa shape index (κ1) is 18.9. The number of carbonyl (C=O) groups is 1. The Labute approximate surface area is 160 Å². The first-order valence-electron chi connectivity index (χ1n) is 8.54. The molecule has 0 bridgehead atoms. The van der Waals surface area contributed by atoms with Crippen LogP contribution in [0.2, 0.25) is 0 Å². The number of carbonyl (C=O) groups excluding carboxylic acids is 1. The van der Waals surface area contributed by atoms with Crippen LogP contribution in [0.5, 0.6) is 0 Å². The molecule has 27 heavy (non-hydrogen) atoms. The second kappa shape index (κ2) is 7.76. The van der Waals surface area contributed by atoms with Crippen LogP contribution in [-0.4, -0.2) is 32.5 Å². The Morgan fingerprint density at radius 1 is 0.852 bits per heavy atom. The van der Waals surface area contributed by atoms with Crippen LogP contribution >= 0.6 is 0 Å². The average Bonchev–Trinajstić information content (AvgIpc) is 2.68. The van der Waals surface area contributed by atoms with Gasteiger partial charge in [-0.05, 0) is 34.9 Å². The van der Waals surface area contributed by atoms with Gasteiger partial charge in [-0.15, -0.1) is 0 Å². The maximum absolute atomic E-state index is 12.6. The number of benzene rings is 3. The van der Waals surface area contributed by atoms with Gasteiger partial charge in [-0.25, -0.2) is 8.42 Å². The molecular weight excluding hydrogens is 358 g/mol. The predicted molar refractivity (Wildman–Crippen MR) is 107 cm³/mol. The van der Waals surface area contributed by atoms with Crippen molar-refractivity contribution in [2.75, 3.05) is 13.3 Å². The Hall–Kier alpha value is -2.92. The van der Waals surface area contributed by atoms with E-state index in [-0.39, 0.29) is 10.8 Å². The Morgan fingerprint density at radius 3 is 2.11 bits per heavy atom. The normalized spacial score (nSPS) is 11.2. The molecule has 0 fully saturated rings. The molecule has 0 radical (unpaired) electrons. The number of hydrogen-bond acceptors (Lipinski definition) is 3. The van der Waals surface area contributed by atoms with Crippen molar-refractivity contribution in [2.45, 2.75) is 11.4 Å². The Balaban J connectivity index is 1.73. The lowest BCUT2D eigenvalue weighted by Crippen LogP contribution is -2.26. The fraction of sp³-hybridized carbons (Fsp3) is 0.136. The molecular formula is C22H21NO3S. The molecule has 0 aliphatic carbocycles. The van der Waals surface area contributed by atoms with E-state index in [1.807, 2.05) is 42.5 Å². The summed E-state index contributed by atoms with van der Waals surface area (Å²) < 4.78 is 23.4. The van der Waals surface area contributed by atoms with Gasteiger partial charge in [0.15, 0.2) is 9.84 Å². The van der Waals surface area contributed by atoms with Crippen LogP contribution < -0.4 is 0 Å². The van der Waals surface area contributed by atoms with Gasteiger partial charge in [-0.1, -0.05) is 60.7 Å². The Kier molecular flexibility index (Phi) is 5.42. The van der Waals surface area contributed by atoms with E-state index in [0.717, 1.165) is 22.9 Å². The monoisotopic (exact) mass is 379 g/mol. The highest BCUT2D eigenvalue weighted by atomic mass is 32.2. The van der Waals surface area contributed by atoms with Crippen LogP contribution in [0.1, 0.15) is 15.9 Å². The summed E-state index contributed by atoms with van der Waals surface area (Å²) in [4.78, 5) is 14.4. The highest BCUT2D eigenvalue weighted by Crippen LogP contribution is 2.20. The van der Waals surface area contributed by atoms with Crippen molar-refractivity contribution in [3.63, 3.8) is 0 Å². The van der Waals surface area contributed by atoms with Gasteiger partial charge in [-0.3, -0.25) is 4.79 Å². The largest absolute Gasteiger partial charge is 0.337 e. The van der Waals surface area contributed by atoms with Crippen molar-refractivity contribution < 1.29 is 13.2 Å². The van der Waals surface area contributed by atoms with Crippen molar-refractivity contribution >= 4 is 15.7 Å². The molecule has 0 saturated carbocycles. The van der Waals surface area contributed by atoms with E-state index in [1.54, 1.807) is 24.1 Å². The topological polar surface area (TPSA) is 54.5 Å². The van der Waals surface area contributed by atoms with Gasteiger partial charge >= 0.3 is 0 Å². The summed E-state index contributed by atoms with van der Waals surface area (Å²) >= 11 is 0. The van der Waals surface area contributed by atoms with Crippen LogP contribution in [0.4, 0.5) is 0 Å². The SMILES string of the molecule is CN(Cc1ccc(-c2ccccc2)cc1)C(=O)c1cccc(S(C)(=O)=O)c1. The summed E-state index contributed by atoms with van der Waals surface area (Å²) in [5.41, 5.74) is 3.63. The second-order valence-corrected chi connectivity index (χ2v) is 8.54. The zero-order valence-corrected chi connectivity index (χ0v) is 16.1. The van der Waals surface area contributed by atoms with Crippen LogP contribution in [-0.2, 0) is 16.4 Å². The third kappa shape index (κ3) is 4.63. The molecule has 138 valence electrons. The molecule has 0 aliphatic heterocycles. The predicted octanol–water partition coefficient (Wildman–Crippen LogP) is 4.03. The number of hydrogen-bond donors (Lipinski definition) is 0. The number of nitrogens with zero attached hydrogens (tertiary/aromatic N) is 1. The van der Waals surface area contributed by atoms with Gasteiger partial charge in [0.25, 0.3) is 5.91 Å². The van der Waals surface area contributed by atoms with Crippen molar-refractivity contribution in [3.8, 4) is 11.1 Å². The van der Waals surface area contributed by atoms with Crippen molar-refractivity contribution in [1.82, 2.24) is 4.90 Å². The van der Waals surface area contributed by atoms with E-state index in [0.29, 0.717) is 12.1 Å². The highest BCUT2D eigenvalue weighted by Gasteiger charge is 2.15. The van der Waals surface area contributed by atoms with Crippen molar-refractivity contribution in [3.05, 3.63) is 90.0 Å². The van der Waals surface area contributed by atoms with E-state index in [9.17, 15) is 13.2 Å². The van der Waals surface area contributed by atoms with Crippen LogP contribution in [0.3, 0.4) is 0 Å². The minimum atomic E-state index is -3.35. The molecule has 3 rings (SSSR count). The smallest absolute Gasteiger partial charge is 0.253 e. The van der Waals surface area contributed by atoms with Gasteiger partial charge in [-0.2, -0.15) is 0 Å². The molecule has 3 aromatic rings. The first-order valence-corrected chi connectivity index (χ1v) is 10.4. The van der Waals surface area contributed by atoms with Gasteiger partial charge in [0.1, 0.15) is 0 Å². The molecule has 0 saturated heterocycles. The van der Waals surface area contributed by atoms with Gasteiger partial charge in [0.2, 0.25) is 0 Å². The van der Waals surface area contributed by atoms with Crippen LogP contribution in [0, 0.1) is 0 Å². The first-order chi connectivity index (χ1) is 12.8. The highest BCUT2D eigenvalue weighted by molar-refractivity contribution is 7.90. The summed E-state index contributed by atoms with van der Waals surface area (Å²) in [6, 6.07) is 24.3. The molecule has 0 heterocycles. The zero-order chi connectivity index (χ0) is 19.4. The third-order valence-electron chi connectivity index (χ3n) is 4.34. The summed E-state index contributed by atoms with van der Waals surface area (Å²) in [5.74, 6) is -0.215. The van der Waals surface area contributed by atoms with Crippen LogP contribution in [0.25, 0.3) is 11.1 Å². The number of amides is 1. The van der Waals surface area contributed by atoms with Crippen LogP contribution in [0.15, 0.2) is 83.8 Å². The van der Waals surface area contributed by atoms with E-state index in [4.69, 9.17) is 0 Å². The molecule has 0 aliphatic rings. The molecule has 4 nitrogen and oxygen atoms in total. The second-order valence-electron chi connectivity index (χ2n) is 6.52. The molecule has 1 amide bonds. The Morgan fingerprint density at radius 2 is 1.48 bits per heavy atom. The molecule has 0 spiro atoms. The standard InChI is InChI=1S/C22H21NO3S/c1-23(22(24)20-9-6-10-21(15-20)27(2,25)26)16-17-11-13-19(14-12-17)18-7-4-3-5-8-18/h3-15H,16H2,1-2H3. The summed E-state index contributed by atoms with van der Waals surface area (Å²) in [7, 11) is -1.64. The fourth-order valence-corrected chi connectivity index (χ4v) is 3.53. The summed E-state index contributed by atoms with van der Waals surface area (Å²) in [6.07, 6.45) is 1.13. The van der Waals surface area contributed by atoms with Gasteiger partial charge in [0, 0.05) is 25.4 Å². The maximum atomic E-state index is 12.6. The number of rotatable bonds is 5. The molecule has 0 atom stereocenters. The van der Waals surface area contributed by atoms with Gasteiger partial charge < -0.3 is 4.90 Å². The third-order valence-corrected chi connectivity index (χ3v) is 5.45. The van der Waals surface area contributed by atoms with Gasteiger partial charge in [0.05, 0.1) is 4.90 Å². The average molecular weight is 379 g/mol. The molecule has 0 aromatic heterocycles. The molecule has 3 aromatic carbocycles. The quantitative estimate of drug-likeness (QED) is 0.673. The lowest BCUT2D eigenvalue weighted by molar-refractivity contribution is 0.0785. The van der Waals surface area contributed by atoms with E-state index in [2.05, 4.69) is 12.1 Å². The zero-order valence-electron chi connectivity index (χ0n) is 15.3. The molecule has 5 heteroatoms. The molecule has 0 unspecified atom stereocenters. The molecule has 0 N–H and O–H groups in total. The minimum Gasteiger partial charge on any atom is -0.337 e. The van der Waals surface area contributed by atoms with E-state index < -0.39 is 9.84 Å².